The van der Waals surface area contributed by atoms with Gasteiger partial charge in [0.2, 0.25) is 3.79 Å². The molecule has 98 valence electrons. The topological polar surface area (TPSA) is 38.3 Å². The van der Waals surface area contributed by atoms with Crippen molar-refractivity contribution in [2.45, 2.75) is 22.7 Å². The van der Waals surface area contributed by atoms with Gasteiger partial charge in [0.15, 0.2) is 0 Å². The number of ether oxygens (including phenoxy) is 1. The van der Waals surface area contributed by atoms with Crippen molar-refractivity contribution in [1.82, 2.24) is 5.32 Å². The van der Waals surface area contributed by atoms with E-state index in [0.29, 0.717) is 0 Å². The smallest absolute Gasteiger partial charge is 0.407 e. The highest BCUT2D eigenvalue weighted by atomic mass is 35.6. The molecule has 0 saturated carbocycles. The first-order valence-corrected chi connectivity index (χ1v) is 6.67. The van der Waals surface area contributed by atoms with Crippen molar-refractivity contribution in [3.63, 3.8) is 0 Å². The number of alkyl halides is 3. The van der Waals surface area contributed by atoms with E-state index in [1.807, 2.05) is 18.2 Å². The van der Waals surface area contributed by atoms with Crippen molar-refractivity contribution in [1.29, 1.82) is 0 Å². The normalized spacial score (nSPS) is 18.3. The number of rotatable bonds is 2. The molecule has 0 heterocycles. The van der Waals surface area contributed by atoms with Crippen LogP contribution in [-0.2, 0) is 11.2 Å². The third-order valence-electron chi connectivity index (χ3n) is 2.79. The first-order chi connectivity index (χ1) is 8.46. The first-order valence-electron chi connectivity index (χ1n) is 5.53. The molecule has 3 nitrogen and oxygen atoms in total. The molecule has 0 aliphatic heterocycles. The van der Waals surface area contributed by atoms with Gasteiger partial charge < -0.3 is 10.1 Å². The molecule has 1 aromatic rings. The fourth-order valence-corrected chi connectivity index (χ4v) is 2.20. The van der Waals surface area contributed by atoms with E-state index >= 15 is 0 Å². The molecular formula is C12H12Cl3NO2. The molecular weight excluding hydrogens is 296 g/mol. The zero-order valence-corrected chi connectivity index (χ0v) is 11.7. The monoisotopic (exact) mass is 307 g/mol. The maximum atomic E-state index is 11.5. The van der Waals surface area contributed by atoms with Crippen molar-refractivity contribution in [2.24, 2.45) is 0 Å². The summed E-state index contributed by atoms with van der Waals surface area (Å²) in [5.74, 6) is 0. The SMILES string of the molecule is O=C(N[C@@H]1CCc2ccccc21)OCC(Cl)(Cl)Cl. The number of hydrogen-bond donors (Lipinski definition) is 1. The Morgan fingerprint density at radius 1 is 1.39 bits per heavy atom. The molecule has 0 fully saturated rings. The lowest BCUT2D eigenvalue weighted by Gasteiger charge is -2.16. The third kappa shape index (κ3) is 3.67. The molecule has 1 aliphatic carbocycles. The summed E-state index contributed by atoms with van der Waals surface area (Å²) < 4.78 is 3.26. The van der Waals surface area contributed by atoms with Crippen LogP contribution in [0.1, 0.15) is 23.6 Å². The molecule has 1 atom stereocenters. The van der Waals surface area contributed by atoms with Crippen LogP contribution in [0.4, 0.5) is 4.79 Å². The summed E-state index contributed by atoms with van der Waals surface area (Å²) in [6, 6.07) is 7.98. The number of aryl methyl sites for hydroxylation is 1. The van der Waals surface area contributed by atoms with E-state index < -0.39 is 9.89 Å². The molecule has 0 aromatic heterocycles. The van der Waals surface area contributed by atoms with Gasteiger partial charge in [-0.3, -0.25) is 0 Å². The van der Waals surface area contributed by atoms with Gasteiger partial charge in [-0.25, -0.2) is 4.79 Å². The van der Waals surface area contributed by atoms with Crippen LogP contribution in [0.25, 0.3) is 0 Å². The third-order valence-corrected chi connectivity index (χ3v) is 3.12. The quantitative estimate of drug-likeness (QED) is 0.845. The average molecular weight is 309 g/mol. The van der Waals surface area contributed by atoms with Gasteiger partial charge in [-0.2, -0.15) is 0 Å². The average Bonchev–Trinajstić information content (AvgIpc) is 2.70. The van der Waals surface area contributed by atoms with Crippen LogP contribution >= 0.6 is 34.8 Å². The predicted octanol–water partition coefficient (Wildman–Crippen LogP) is 3.77. The Hall–Kier alpha value is -0.640. The van der Waals surface area contributed by atoms with E-state index in [0.717, 1.165) is 18.4 Å². The van der Waals surface area contributed by atoms with Crippen LogP contribution in [0, 0.1) is 0 Å². The number of fused-ring (bicyclic) bond motifs is 1. The zero-order chi connectivity index (χ0) is 13.2. The Morgan fingerprint density at radius 2 is 2.11 bits per heavy atom. The number of alkyl carbamates (subject to hydrolysis) is 1. The van der Waals surface area contributed by atoms with Gasteiger partial charge >= 0.3 is 6.09 Å². The first kappa shape index (κ1) is 13.8. The van der Waals surface area contributed by atoms with E-state index in [9.17, 15) is 4.79 Å². The largest absolute Gasteiger partial charge is 0.445 e. The van der Waals surface area contributed by atoms with Crippen molar-refractivity contribution in [3.8, 4) is 0 Å². The summed E-state index contributed by atoms with van der Waals surface area (Å²) in [6.07, 6.45) is 1.25. The summed E-state index contributed by atoms with van der Waals surface area (Å²) in [4.78, 5) is 11.5. The summed E-state index contributed by atoms with van der Waals surface area (Å²) in [5.41, 5.74) is 2.38. The highest BCUT2D eigenvalue weighted by Crippen LogP contribution is 2.31. The van der Waals surface area contributed by atoms with Crippen LogP contribution in [0.5, 0.6) is 0 Å². The van der Waals surface area contributed by atoms with Gasteiger partial charge in [-0.1, -0.05) is 59.1 Å². The van der Waals surface area contributed by atoms with Crippen LogP contribution in [0.3, 0.4) is 0 Å². The Labute approximate surface area is 120 Å². The van der Waals surface area contributed by atoms with Crippen LogP contribution < -0.4 is 5.32 Å². The maximum Gasteiger partial charge on any atom is 0.407 e. The second-order valence-corrected chi connectivity index (χ2v) is 6.64. The van der Waals surface area contributed by atoms with Crippen molar-refractivity contribution in [3.05, 3.63) is 35.4 Å². The minimum atomic E-state index is -1.58. The molecule has 1 aliphatic rings. The van der Waals surface area contributed by atoms with Gasteiger partial charge in [-0.15, -0.1) is 0 Å². The number of halogens is 3. The van der Waals surface area contributed by atoms with E-state index in [1.165, 1.54) is 5.56 Å². The number of carbonyl (C=O) groups excluding carboxylic acids is 1. The molecule has 18 heavy (non-hydrogen) atoms. The maximum absolute atomic E-state index is 11.5. The Morgan fingerprint density at radius 3 is 2.83 bits per heavy atom. The molecule has 1 N–H and O–H groups in total. The predicted molar refractivity (Wildman–Crippen MR) is 72.3 cm³/mol. The fraction of sp³-hybridized carbons (Fsp3) is 0.417. The number of nitrogens with one attached hydrogen (secondary N) is 1. The standard InChI is InChI=1S/C12H12Cl3NO2/c13-12(14,15)7-18-11(17)16-10-6-5-8-3-1-2-4-9(8)10/h1-4,10H,5-7H2,(H,16,17)/t10-/m1/s1. The molecule has 0 spiro atoms. The van der Waals surface area contributed by atoms with Crippen molar-refractivity contribution < 1.29 is 9.53 Å². The van der Waals surface area contributed by atoms with Gasteiger partial charge in [0.1, 0.15) is 6.61 Å². The number of hydrogen-bond acceptors (Lipinski definition) is 2. The lowest BCUT2D eigenvalue weighted by Crippen LogP contribution is -2.30. The molecule has 0 bridgehead atoms. The molecule has 2 rings (SSSR count). The summed E-state index contributed by atoms with van der Waals surface area (Å²) in [7, 11) is 0. The Bertz CT molecular complexity index is 445. The van der Waals surface area contributed by atoms with Crippen LogP contribution in [-0.4, -0.2) is 16.5 Å². The molecule has 0 unspecified atom stereocenters. The molecule has 0 radical (unpaired) electrons. The van der Waals surface area contributed by atoms with Gasteiger partial charge in [0.05, 0.1) is 6.04 Å². The highest BCUT2D eigenvalue weighted by molar-refractivity contribution is 6.67. The summed E-state index contributed by atoms with van der Waals surface area (Å²) in [6.45, 7) is -0.266. The fourth-order valence-electron chi connectivity index (χ4n) is 2.04. The molecule has 0 saturated heterocycles. The zero-order valence-electron chi connectivity index (χ0n) is 9.46. The lowest BCUT2D eigenvalue weighted by molar-refractivity contribution is 0.144. The van der Waals surface area contributed by atoms with Crippen molar-refractivity contribution in [2.75, 3.05) is 6.61 Å². The lowest BCUT2D eigenvalue weighted by atomic mass is 10.1. The van der Waals surface area contributed by atoms with Gasteiger partial charge in [0.25, 0.3) is 0 Å². The van der Waals surface area contributed by atoms with Crippen molar-refractivity contribution >= 4 is 40.9 Å². The Balaban J connectivity index is 1.90. The summed E-state index contributed by atoms with van der Waals surface area (Å²) >= 11 is 16.5. The molecule has 6 heteroatoms. The van der Waals surface area contributed by atoms with E-state index in [1.54, 1.807) is 0 Å². The number of carbonyl (C=O) groups is 1. The van der Waals surface area contributed by atoms with E-state index in [4.69, 9.17) is 39.5 Å². The van der Waals surface area contributed by atoms with Gasteiger partial charge in [-0.05, 0) is 24.0 Å². The number of amides is 1. The highest BCUT2D eigenvalue weighted by Gasteiger charge is 2.26. The van der Waals surface area contributed by atoms with Crippen LogP contribution in [0.2, 0.25) is 0 Å². The minimum absolute atomic E-state index is 0.0240. The second-order valence-electron chi connectivity index (χ2n) is 4.13. The van der Waals surface area contributed by atoms with Crippen LogP contribution in [0.15, 0.2) is 24.3 Å². The second kappa shape index (κ2) is 5.55. The minimum Gasteiger partial charge on any atom is -0.445 e. The number of benzene rings is 1. The Kier molecular flexibility index (Phi) is 4.25. The molecule has 1 aromatic carbocycles. The van der Waals surface area contributed by atoms with E-state index in [-0.39, 0.29) is 12.6 Å². The molecule has 1 amide bonds. The summed E-state index contributed by atoms with van der Waals surface area (Å²) in [5, 5.41) is 2.77. The van der Waals surface area contributed by atoms with E-state index in [2.05, 4.69) is 11.4 Å². The van der Waals surface area contributed by atoms with Gasteiger partial charge in [0, 0.05) is 0 Å².